The number of carbonyl (C=O) groups excluding carboxylic acids is 1. The van der Waals surface area contributed by atoms with Crippen LogP contribution in [0.15, 0.2) is 90.9 Å². The van der Waals surface area contributed by atoms with Gasteiger partial charge in [-0.15, -0.1) is 0 Å². The third kappa shape index (κ3) is 4.55. The molecule has 0 aliphatic rings. The lowest BCUT2D eigenvalue weighted by Crippen LogP contribution is -2.13. The van der Waals surface area contributed by atoms with Gasteiger partial charge >= 0.3 is 0 Å². The number of rotatable bonds is 6. The van der Waals surface area contributed by atoms with Crippen molar-refractivity contribution in [1.82, 2.24) is 14.8 Å². The van der Waals surface area contributed by atoms with Crippen molar-refractivity contribution in [2.45, 2.75) is 0 Å². The van der Waals surface area contributed by atoms with Crippen LogP contribution in [0.2, 0.25) is 0 Å². The van der Waals surface area contributed by atoms with Crippen LogP contribution < -0.4 is 10.1 Å². The van der Waals surface area contributed by atoms with Gasteiger partial charge in [-0.25, -0.2) is 4.68 Å². The summed E-state index contributed by atoms with van der Waals surface area (Å²) in [6, 6.07) is 22.2. The maximum Gasteiger partial charge on any atom is 0.266 e. The Hall–Kier alpha value is -4.70. The Bertz CT molecular complexity index is 1290. The van der Waals surface area contributed by atoms with Crippen molar-refractivity contribution in [2.24, 2.45) is 0 Å². The third-order valence-corrected chi connectivity index (χ3v) is 4.73. The molecule has 2 aromatic heterocycles. The van der Waals surface area contributed by atoms with Crippen molar-refractivity contribution in [1.29, 1.82) is 5.26 Å². The number of amides is 1. The highest BCUT2D eigenvalue weighted by Crippen LogP contribution is 2.25. The highest BCUT2D eigenvalue weighted by Gasteiger charge is 2.15. The normalized spacial score (nSPS) is 10.9. The van der Waals surface area contributed by atoms with Crippen molar-refractivity contribution < 1.29 is 9.53 Å². The molecular weight excluding hydrogens is 402 g/mol. The van der Waals surface area contributed by atoms with Gasteiger partial charge in [-0.05, 0) is 54.6 Å². The van der Waals surface area contributed by atoms with Crippen LogP contribution in [-0.4, -0.2) is 27.8 Å². The van der Waals surface area contributed by atoms with Gasteiger partial charge in [0.2, 0.25) is 0 Å². The number of carbonyl (C=O) groups is 1. The van der Waals surface area contributed by atoms with Gasteiger partial charge in [0.05, 0.1) is 12.8 Å². The number of hydrogen-bond donors (Lipinski definition) is 1. The van der Waals surface area contributed by atoms with E-state index in [1.54, 1.807) is 60.7 Å². The molecule has 0 atom stereocenters. The van der Waals surface area contributed by atoms with Crippen LogP contribution in [0.25, 0.3) is 23.0 Å². The number of methoxy groups -OCH3 is 1. The minimum absolute atomic E-state index is 0.0382. The second kappa shape index (κ2) is 9.41. The Morgan fingerprint density at radius 1 is 1.06 bits per heavy atom. The number of pyridine rings is 1. The number of nitrogens with one attached hydrogen (secondary N) is 1. The zero-order chi connectivity index (χ0) is 22.3. The maximum absolute atomic E-state index is 12.8. The maximum atomic E-state index is 12.8. The predicted molar refractivity (Wildman–Crippen MR) is 122 cm³/mol. The Labute approximate surface area is 185 Å². The molecule has 7 heteroatoms. The quantitative estimate of drug-likeness (QED) is 0.366. The van der Waals surface area contributed by atoms with Crippen LogP contribution in [0.1, 0.15) is 5.56 Å². The Morgan fingerprint density at radius 2 is 1.78 bits per heavy atom. The first-order chi connectivity index (χ1) is 15.7. The molecule has 1 N–H and O–H groups in total. The van der Waals surface area contributed by atoms with E-state index in [0.29, 0.717) is 22.7 Å². The molecule has 0 fully saturated rings. The molecule has 0 radical (unpaired) electrons. The molecule has 32 heavy (non-hydrogen) atoms. The van der Waals surface area contributed by atoms with Crippen molar-refractivity contribution >= 4 is 17.7 Å². The van der Waals surface area contributed by atoms with Gasteiger partial charge in [0.25, 0.3) is 5.91 Å². The molecule has 4 aromatic rings. The molecule has 0 saturated carbocycles. The molecule has 0 saturated heterocycles. The average molecular weight is 421 g/mol. The van der Waals surface area contributed by atoms with Crippen LogP contribution in [0.4, 0.5) is 5.69 Å². The average Bonchev–Trinajstić information content (AvgIpc) is 3.28. The first-order valence-corrected chi connectivity index (χ1v) is 9.80. The van der Waals surface area contributed by atoms with Crippen LogP contribution >= 0.6 is 0 Å². The van der Waals surface area contributed by atoms with Gasteiger partial charge in [0.15, 0.2) is 0 Å². The van der Waals surface area contributed by atoms with E-state index in [1.165, 1.54) is 0 Å². The lowest BCUT2D eigenvalue weighted by atomic mass is 10.1. The fourth-order valence-corrected chi connectivity index (χ4v) is 3.12. The van der Waals surface area contributed by atoms with E-state index in [0.717, 1.165) is 11.3 Å². The van der Waals surface area contributed by atoms with Gasteiger partial charge in [-0.2, -0.15) is 10.4 Å². The minimum atomic E-state index is -0.509. The van der Waals surface area contributed by atoms with E-state index >= 15 is 0 Å². The number of benzene rings is 2. The van der Waals surface area contributed by atoms with Gasteiger partial charge in [-0.3, -0.25) is 9.78 Å². The number of para-hydroxylation sites is 1. The fraction of sp³-hybridized carbons (Fsp3) is 0.0400. The summed E-state index contributed by atoms with van der Waals surface area (Å²) < 4.78 is 6.85. The second-order valence-corrected chi connectivity index (χ2v) is 6.80. The summed E-state index contributed by atoms with van der Waals surface area (Å²) in [6.07, 6.45) is 6.68. The predicted octanol–water partition coefficient (Wildman–Crippen LogP) is 4.49. The largest absolute Gasteiger partial charge is 0.497 e. The summed E-state index contributed by atoms with van der Waals surface area (Å²) in [6.45, 7) is 0. The van der Waals surface area contributed by atoms with E-state index in [-0.39, 0.29) is 5.57 Å². The number of aromatic nitrogens is 3. The Balaban J connectivity index is 1.70. The van der Waals surface area contributed by atoms with Gasteiger partial charge < -0.3 is 10.1 Å². The first-order valence-electron chi connectivity index (χ1n) is 9.80. The highest BCUT2D eigenvalue weighted by atomic mass is 16.5. The molecule has 0 aliphatic carbocycles. The molecule has 0 unspecified atom stereocenters. The van der Waals surface area contributed by atoms with E-state index in [9.17, 15) is 10.1 Å². The van der Waals surface area contributed by atoms with Crippen molar-refractivity contribution in [3.8, 4) is 28.8 Å². The molecule has 0 spiro atoms. The third-order valence-electron chi connectivity index (χ3n) is 4.73. The topological polar surface area (TPSA) is 92.8 Å². The van der Waals surface area contributed by atoms with E-state index in [1.807, 2.05) is 48.5 Å². The lowest BCUT2D eigenvalue weighted by Gasteiger charge is -2.05. The molecule has 7 nitrogen and oxygen atoms in total. The molecule has 1 amide bonds. The molecular formula is C25H19N5O2. The second-order valence-electron chi connectivity index (χ2n) is 6.80. The van der Waals surface area contributed by atoms with E-state index in [2.05, 4.69) is 15.4 Å². The molecule has 156 valence electrons. The molecule has 2 aromatic carbocycles. The fourth-order valence-electron chi connectivity index (χ4n) is 3.12. The molecule has 2 heterocycles. The minimum Gasteiger partial charge on any atom is -0.497 e. The zero-order valence-corrected chi connectivity index (χ0v) is 17.3. The number of anilines is 1. The summed E-state index contributed by atoms with van der Waals surface area (Å²) >= 11 is 0. The van der Waals surface area contributed by atoms with Crippen molar-refractivity contribution in [2.75, 3.05) is 12.4 Å². The van der Waals surface area contributed by atoms with Gasteiger partial charge in [-0.1, -0.05) is 18.2 Å². The summed E-state index contributed by atoms with van der Waals surface area (Å²) in [5, 5.41) is 17.1. The first kappa shape index (κ1) is 20.6. The van der Waals surface area contributed by atoms with E-state index in [4.69, 9.17) is 4.74 Å². The molecule has 0 aliphatic heterocycles. The summed E-state index contributed by atoms with van der Waals surface area (Å²) in [5.41, 5.74) is 3.50. The molecule has 4 rings (SSSR count). The van der Waals surface area contributed by atoms with E-state index < -0.39 is 5.91 Å². The smallest absolute Gasteiger partial charge is 0.266 e. The zero-order valence-electron chi connectivity index (χ0n) is 17.3. The Morgan fingerprint density at radius 3 is 2.44 bits per heavy atom. The standard InChI is InChI=1S/C25H19N5O2/c1-32-23-9-7-21(8-10-23)28-25(31)19(16-26)15-20-17-30(22-5-3-2-4-6-22)29-24(20)18-11-13-27-14-12-18/h2-15,17H,1H3,(H,28,31)/b19-15-. The number of hydrogen-bond acceptors (Lipinski definition) is 5. The summed E-state index contributed by atoms with van der Waals surface area (Å²) in [7, 11) is 1.57. The Kier molecular flexibility index (Phi) is 6.05. The number of ether oxygens (including phenoxy) is 1. The van der Waals surface area contributed by atoms with Crippen LogP contribution in [0, 0.1) is 11.3 Å². The SMILES string of the molecule is COc1ccc(NC(=O)/C(C#N)=C\c2cn(-c3ccccc3)nc2-c2ccncc2)cc1. The van der Waals surface area contributed by atoms with Crippen molar-refractivity contribution in [3.05, 3.63) is 96.5 Å². The van der Waals surface area contributed by atoms with Crippen LogP contribution in [0.5, 0.6) is 5.75 Å². The number of nitriles is 1. The van der Waals surface area contributed by atoms with Crippen LogP contribution in [-0.2, 0) is 4.79 Å². The molecule has 0 bridgehead atoms. The lowest BCUT2D eigenvalue weighted by molar-refractivity contribution is -0.112. The van der Waals surface area contributed by atoms with Gasteiger partial charge in [0.1, 0.15) is 23.1 Å². The van der Waals surface area contributed by atoms with Gasteiger partial charge in [0, 0.05) is 35.4 Å². The van der Waals surface area contributed by atoms with Crippen LogP contribution in [0.3, 0.4) is 0 Å². The van der Waals surface area contributed by atoms with Crippen molar-refractivity contribution in [3.63, 3.8) is 0 Å². The summed E-state index contributed by atoms with van der Waals surface area (Å²) in [5.74, 6) is 0.167. The summed E-state index contributed by atoms with van der Waals surface area (Å²) in [4.78, 5) is 16.8. The number of nitrogens with zero attached hydrogens (tertiary/aromatic N) is 4. The monoisotopic (exact) mass is 421 g/mol. The highest BCUT2D eigenvalue weighted by molar-refractivity contribution is 6.10.